The third-order valence-electron chi connectivity index (χ3n) is 3.43. The molecule has 0 saturated carbocycles. The summed E-state index contributed by atoms with van der Waals surface area (Å²) in [6, 6.07) is 9.05. The van der Waals surface area contributed by atoms with E-state index in [0.717, 1.165) is 30.6 Å². The molecule has 2 aromatic rings. The van der Waals surface area contributed by atoms with Gasteiger partial charge in [0.2, 0.25) is 0 Å². The molecule has 0 saturated heterocycles. The molecule has 1 aromatic carbocycles. The lowest BCUT2D eigenvalue weighted by molar-refractivity contribution is 0.469. The molecule has 0 aliphatic carbocycles. The van der Waals surface area contributed by atoms with Crippen molar-refractivity contribution in [1.29, 1.82) is 0 Å². The number of nitrogens with one attached hydrogen (secondary N) is 1. The van der Waals surface area contributed by atoms with E-state index >= 15 is 0 Å². The van der Waals surface area contributed by atoms with Gasteiger partial charge in [-0.05, 0) is 38.4 Å². The van der Waals surface area contributed by atoms with Crippen LogP contribution in [0.3, 0.4) is 0 Å². The van der Waals surface area contributed by atoms with Crippen molar-refractivity contribution in [3.63, 3.8) is 0 Å². The van der Waals surface area contributed by atoms with Gasteiger partial charge in [-0.1, -0.05) is 25.1 Å². The minimum atomic E-state index is 0.587. The molecule has 1 heterocycles. The molecule has 1 aromatic heterocycles. The number of aryl methyl sites for hydroxylation is 2. The van der Waals surface area contributed by atoms with Gasteiger partial charge in [-0.2, -0.15) is 0 Å². The molecule has 1 unspecified atom stereocenters. The third-order valence-corrected chi connectivity index (χ3v) is 3.43. The molecule has 0 spiro atoms. The number of furan rings is 1. The monoisotopic (exact) mass is 231 g/mol. The Balaban J connectivity index is 2.12. The second-order valence-corrected chi connectivity index (χ2v) is 4.64. The zero-order chi connectivity index (χ0) is 12.3. The molecule has 0 bridgehead atoms. The maximum Gasteiger partial charge on any atom is 0.137 e. The highest BCUT2D eigenvalue weighted by molar-refractivity contribution is 5.80. The fourth-order valence-corrected chi connectivity index (χ4v) is 2.25. The maximum atomic E-state index is 5.91. The van der Waals surface area contributed by atoms with E-state index in [1.165, 1.54) is 10.9 Å². The minimum Gasteiger partial charge on any atom is -0.461 e. The smallest absolute Gasteiger partial charge is 0.137 e. The van der Waals surface area contributed by atoms with E-state index < -0.39 is 0 Å². The summed E-state index contributed by atoms with van der Waals surface area (Å²) in [5.74, 6) is 1.10. The van der Waals surface area contributed by atoms with Gasteiger partial charge >= 0.3 is 0 Å². The second-order valence-electron chi connectivity index (χ2n) is 4.64. The van der Waals surface area contributed by atoms with Crippen molar-refractivity contribution < 1.29 is 4.42 Å². The van der Waals surface area contributed by atoms with E-state index in [1.54, 1.807) is 0 Å². The van der Waals surface area contributed by atoms with Crippen LogP contribution in [0.15, 0.2) is 28.7 Å². The van der Waals surface area contributed by atoms with Crippen LogP contribution in [0.2, 0.25) is 0 Å². The number of fused-ring (bicyclic) bond motifs is 1. The summed E-state index contributed by atoms with van der Waals surface area (Å²) < 4.78 is 5.91. The summed E-state index contributed by atoms with van der Waals surface area (Å²) in [5.41, 5.74) is 2.26. The van der Waals surface area contributed by atoms with E-state index in [-0.39, 0.29) is 0 Å². The van der Waals surface area contributed by atoms with E-state index in [4.69, 9.17) is 4.42 Å². The SMILES string of the molecule is CCC(CCc1cc2cccc(C)c2o1)NC. The van der Waals surface area contributed by atoms with Crippen LogP contribution in [0, 0.1) is 6.92 Å². The number of hydrogen-bond acceptors (Lipinski definition) is 2. The van der Waals surface area contributed by atoms with Crippen LogP contribution in [0.5, 0.6) is 0 Å². The van der Waals surface area contributed by atoms with Gasteiger partial charge in [0.1, 0.15) is 11.3 Å². The third kappa shape index (κ3) is 2.70. The van der Waals surface area contributed by atoms with E-state index in [9.17, 15) is 0 Å². The predicted molar refractivity (Wildman–Crippen MR) is 72.4 cm³/mol. The van der Waals surface area contributed by atoms with Gasteiger partial charge in [0.15, 0.2) is 0 Å². The highest BCUT2D eigenvalue weighted by atomic mass is 16.3. The van der Waals surface area contributed by atoms with Gasteiger partial charge in [0, 0.05) is 17.8 Å². The van der Waals surface area contributed by atoms with Crippen molar-refractivity contribution in [3.8, 4) is 0 Å². The normalized spacial score (nSPS) is 13.1. The molecule has 2 nitrogen and oxygen atoms in total. The van der Waals surface area contributed by atoms with Crippen LogP contribution in [-0.2, 0) is 6.42 Å². The summed E-state index contributed by atoms with van der Waals surface area (Å²) in [6.07, 6.45) is 3.30. The molecule has 0 radical (unpaired) electrons. The average molecular weight is 231 g/mol. The zero-order valence-electron chi connectivity index (χ0n) is 10.9. The first-order valence-corrected chi connectivity index (χ1v) is 6.40. The molecule has 17 heavy (non-hydrogen) atoms. The summed E-state index contributed by atoms with van der Waals surface area (Å²) in [6.45, 7) is 4.31. The standard InChI is InChI=1S/C15H21NO/c1-4-13(16-3)8-9-14-10-12-7-5-6-11(2)15(12)17-14/h5-7,10,13,16H,4,8-9H2,1-3H3. The molecular weight excluding hydrogens is 210 g/mol. The summed E-state index contributed by atoms with van der Waals surface area (Å²) in [5, 5.41) is 4.55. The van der Waals surface area contributed by atoms with Crippen LogP contribution < -0.4 is 5.32 Å². The van der Waals surface area contributed by atoms with Gasteiger partial charge < -0.3 is 9.73 Å². The molecule has 2 heteroatoms. The molecule has 1 atom stereocenters. The Bertz CT molecular complexity index is 483. The number of hydrogen-bond donors (Lipinski definition) is 1. The lowest BCUT2D eigenvalue weighted by Gasteiger charge is -2.11. The molecule has 1 N–H and O–H groups in total. The Labute approximate surface area is 103 Å². The van der Waals surface area contributed by atoms with Gasteiger partial charge in [-0.15, -0.1) is 0 Å². The number of benzene rings is 1. The zero-order valence-corrected chi connectivity index (χ0v) is 10.9. The van der Waals surface area contributed by atoms with Crippen LogP contribution in [0.4, 0.5) is 0 Å². The largest absolute Gasteiger partial charge is 0.461 e. The fraction of sp³-hybridized carbons (Fsp3) is 0.467. The van der Waals surface area contributed by atoms with Crippen molar-refractivity contribution >= 4 is 11.0 Å². The van der Waals surface area contributed by atoms with Crippen LogP contribution >= 0.6 is 0 Å². The summed E-state index contributed by atoms with van der Waals surface area (Å²) in [7, 11) is 2.02. The maximum absolute atomic E-state index is 5.91. The van der Waals surface area contributed by atoms with Gasteiger partial charge in [-0.25, -0.2) is 0 Å². The van der Waals surface area contributed by atoms with Gasteiger partial charge in [0.05, 0.1) is 0 Å². The molecule has 0 aliphatic heterocycles. The van der Waals surface area contributed by atoms with E-state index in [2.05, 4.69) is 43.4 Å². The highest BCUT2D eigenvalue weighted by Crippen LogP contribution is 2.23. The van der Waals surface area contributed by atoms with Crippen molar-refractivity contribution in [3.05, 3.63) is 35.6 Å². The molecule has 92 valence electrons. The van der Waals surface area contributed by atoms with E-state index in [0.29, 0.717) is 6.04 Å². The topological polar surface area (TPSA) is 25.2 Å². The van der Waals surface area contributed by atoms with Crippen molar-refractivity contribution in [1.82, 2.24) is 5.32 Å². The van der Waals surface area contributed by atoms with Crippen LogP contribution in [-0.4, -0.2) is 13.1 Å². The Hall–Kier alpha value is -1.28. The predicted octanol–water partition coefficient (Wildman–Crippen LogP) is 3.67. The summed E-state index contributed by atoms with van der Waals surface area (Å²) in [4.78, 5) is 0. The van der Waals surface area contributed by atoms with Gasteiger partial charge in [-0.3, -0.25) is 0 Å². The molecule has 0 amide bonds. The highest BCUT2D eigenvalue weighted by Gasteiger charge is 2.08. The number of para-hydroxylation sites is 1. The minimum absolute atomic E-state index is 0.587. The van der Waals surface area contributed by atoms with Crippen molar-refractivity contribution in [2.75, 3.05) is 7.05 Å². The lowest BCUT2D eigenvalue weighted by Crippen LogP contribution is -2.24. The van der Waals surface area contributed by atoms with E-state index in [1.807, 2.05) is 7.05 Å². The van der Waals surface area contributed by atoms with Crippen molar-refractivity contribution in [2.24, 2.45) is 0 Å². The second kappa shape index (κ2) is 5.37. The Morgan fingerprint density at radius 3 is 2.82 bits per heavy atom. The molecule has 0 fully saturated rings. The first-order valence-electron chi connectivity index (χ1n) is 6.40. The Kier molecular flexibility index (Phi) is 3.85. The lowest BCUT2D eigenvalue weighted by atomic mass is 10.1. The fourth-order valence-electron chi connectivity index (χ4n) is 2.25. The Morgan fingerprint density at radius 2 is 2.18 bits per heavy atom. The van der Waals surface area contributed by atoms with Gasteiger partial charge in [0.25, 0.3) is 0 Å². The quantitative estimate of drug-likeness (QED) is 0.849. The first-order chi connectivity index (χ1) is 8.24. The van der Waals surface area contributed by atoms with Crippen LogP contribution in [0.25, 0.3) is 11.0 Å². The van der Waals surface area contributed by atoms with Crippen LogP contribution in [0.1, 0.15) is 31.1 Å². The van der Waals surface area contributed by atoms with Crippen molar-refractivity contribution in [2.45, 2.75) is 39.2 Å². The molecular formula is C15H21NO. The summed E-state index contributed by atoms with van der Waals surface area (Å²) >= 11 is 0. The molecule has 0 aliphatic rings. The number of rotatable bonds is 5. The average Bonchev–Trinajstić information content (AvgIpc) is 2.75. The Morgan fingerprint density at radius 1 is 1.35 bits per heavy atom. The molecule has 2 rings (SSSR count). The first kappa shape index (κ1) is 12.2.